The summed E-state index contributed by atoms with van der Waals surface area (Å²) in [5.41, 5.74) is 2.68. The van der Waals surface area contributed by atoms with Crippen LogP contribution in [0.2, 0.25) is 0 Å². The molecule has 0 spiro atoms. The van der Waals surface area contributed by atoms with Crippen molar-refractivity contribution >= 4 is 17.7 Å². The van der Waals surface area contributed by atoms with Gasteiger partial charge in [0, 0.05) is 19.4 Å². The number of nitrogens with zero attached hydrogens (tertiary/aromatic N) is 1. The van der Waals surface area contributed by atoms with E-state index in [-0.39, 0.29) is 23.3 Å². The smallest absolute Gasteiger partial charge is 0.249 e. The monoisotopic (exact) mass is 293 g/mol. The molecule has 3 nitrogen and oxygen atoms in total. The number of carbonyl (C=O) groups is 1. The van der Waals surface area contributed by atoms with Crippen molar-refractivity contribution in [1.82, 2.24) is 4.90 Å². The van der Waals surface area contributed by atoms with Crippen molar-refractivity contribution in [3.8, 4) is 0 Å². The van der Waals surface area contributed by atoms with Gasteiger partial charge in [0.2, 0.25) is 5.91 Å². The molecule has 1 aliphatic rings. The van der Waals surface area contributed by atoms with Crippen molar-refractivity contribution in [2.75, 3.05) is 26.0 Å². The molecule has 0 aliphatic carbocycles. The van der Waals surface area contributed by atoms with Crippen LogP contribution in [-0.2, 0) is 14.9 Å². The first-order valence-electron chi connectivity index (χ1n) is 6.94. The number of hydrogen-bond acceptors (Lipinski definition) is 3. The summed E-state index contributed by atoms with van der Waals surface area (Å²) in [5.74, 6) is 1.06. The van der Waals surface area contributed by atoms with E-state index in [1.165, 1.54) is 11.1 Å². The van der Waals surface area contributed by atoms with Crippen molar-refractivity contribution < 1.29 is 9.53 Å². The lowest BCUT2D eigenvalue weighted by molar-refractivity contribution is -0.135. The Balaban J connectivity index is 2.16. The van der Waals surface area contributed by atoms with Gasteiger partial charge in [-0.15, -0.1) is 11.8 Å². The van der Waals surface area contributed by atoms with E-state index >= 15 is 0 Å². The molecule has 1 fully saturated rings. The van der Waals surface area contributed by atoms with Crippen LogP contribution in [0, 0.1) is 0 Å². The van der Waals surface area contributed by atoms with E-state index in [0.29, 0.717) is 0 Å². The second-order valence-corrected chi connectivity index (χ2v) is 7.30. The fourth-order valence-corrected chi connectivity index (χ4v) is 3.63. The van der Waals surface area contributed by atoms with Crippen LogP contribution in [0.25, 0.3) is 0 Å². The second kappa shape index (κ2) is 6.19. The van der Waals surface area contributed by atoms with Gasteiger partial charge >= 0.3 is 0 Å². The van der Waals surface area contributed by atoms with Gasteiger partial charge in [-0.05, 0) is 16.5 Å². The summed E-state index contributed by atoms with van der Waals surface area (Å²) < 4.78 is 4.96. The van der Waals surface area contributed by atoms with E-state index in [0.717, 1.165) is 12.3 Å². The first-order valence-corrected chi connectivity index (χ1v) is 7.99. The van der Waals surface area contributed by atoms with Gasteiger partial charge in [-0.1, -0.05) is 45.0 Å². The molecule has 20 heavy (non-hydrogen) atoms. The third kappa shape index (κ3) is 3.36. The Morgan fingerprint density at radius 1 is 1.35 bits per heavy atom. The number of amides is 1. The molecule has 1 aromatic carbocycles. The number of benzene rings is 1. The maximum Gasteiger partial charge on any atom is 0.249 e. The number of carbonyl (C=O) groups excluding carboxylic acids is 1. The van der Waals surface area contributed by atoms with E-state index in [9.17, 15) is 4.79 Å². The van der Waals surface area contributed by atoms with Crippen LogP contribution in [0.3, 0.4) is 0 Å². The first-order chi connectivity index (χ1) is 9.43. The Hall–Kier alpha value is -1.00. The molecule has 2 rings (SSSR count). The van der Waals surface area contributed by atoms with E-state index in [1.54, 1.807) is 7.11 Å². The van der Waals surface area contributed by atoms with Gasteiger partial charge in [-0.3, -0.25) is 4.79 Å². The van der Waals surface area contributed by atoms with E-state index in [1.807, 2.05) is 16.7 Å². The molecule has 110 valence electrons. The zero-order chi connectivity index (χ0) is 14.8. The van der Waals surface area contributed by atoms with E-state index in [2.05, 4.69) is 45.0 Å². The molecule has 1 heterocycles. The van der Waals surface area contributed by atoms with Crippen LogP contribution in [0.1, 0.15) is 37.3 Å². The Bertz CT molecular complexity index is 464. The van der Waals surface area contributed by atoms with Gasteiger partial charge in [0.25, 0.3) is 0 Å². The maximum absolute atomic E-state index is 12.0. The first kappa shape index (κ1) is 15.4. The fourth-order valence-electron chi connectivity index (χ4n) is 2.36. The van der Waals surface area contributed by atoms with Crippen LogP contribution < -0.4 is 0 Å². The molecule has 0 radical (unpaired) electrons. The molecule has 1 atom stereocenters. The Kier molecular flexibility index (Phi) is 4.76. The quantitative estimate of drug-likeness (QED) is 0.857. The summed E-state index contributed by atoms with van der Waals surface area (Å²) in [5, 5.41) is 0.131. The van der Waals surface area contributed by atoms with Gasteiger partial charge in [0.15, 0.2) is 0 Å². The normalized spacial score (nSPS) is 19.4. The Morgan fingerprint density at radius 2 is 2.00 bits per heavy atom. The van der Waals surface area contributed by atoms with Crippen molar-refractivity contribution in [2.45, 2.75) is 31.6 Å². The van der Waals surface area contributed by atoms with Crippen LogP contribution in [0.15, 0.2) is 24.3 Å². The minimum absolute atomic E-state index is 0.0717. The molecule has 1 aliphatic heterocycles. The third-order valence-electron chi connectivity index (χ3n) is 3.54. The minimum atomic E-state index is 0.0717. The Labute approximate surface area is 125 Å². The highest BCUT2D eigenvalue weighted by Crippen LogP contribution is 2.38. The van der Waals surface area contributed by atoms with Gasteiger partial charge < -0.3 is 9.64 Å². The van der Waals surface area contributed by atoms with Crippen LogP contribution in [0.4, 0.5) is 0 Å². The highest BCUT2D eigenvalue weighted by molar-refractivity contribution is 7.99. The lowest BCUT2D eigenvalue weighted by Crippen LogP contribution is -2.33. The Morgan fingerprint density at radius 3 is 2.55 bits per heavy atom. The molecule has 0 aromatic heterocycles. The van der Waals surface area contributed by atoms with Crippen LogP contribution in [0.5, 0.6) is 0 Å². The van der Waals surface area contributed by atoms with Crippen LogP contribution >= 0.6 is 11.8 Å². The summed E-state index contributed by atoms with van der Waals surface area (Å²) in [6.07, 6.45) is 0. The van der Waals surface area contributed by atoms with Crippen LogP contribution in [-0.4, -0.2) is 36.8 Å². The molecule has 0 saturated carbocycles. The molecule has 1 saturated heterocycles. The largest absolute Gasteiger partial charge is 0.375 e. The molecule has 0 N–H and O–H groups in total. The predicted octanol–water partition coefficient (Wildman–Crippen LogP) is 3.20. The summed E-state index contributed by atoms with van der Waals surface area (Å²) in [7, 11) is 1.56. The van der Waals surface area contributed by atoms with Crippen molar-refractivity contribution in [3.05, 3.63) is 35.4 Å². The SMILES string of the molecule is COCC(=O)N1CCSC1c1ccc(C(C)(C)C)cc1. The topological polar surface area (TPSA) is 29.5 Å². The molecule has 0 bridgehead atoms. The van der Waals surface area contributed by atoms with Gasteiger partial charge in [-0.2, -0.15) is 0 Å². The standard InChI is InChI=1S/C16H23NO2S/c1-16(2,3)13-7-5-12(6-8-13)15-17(9-10-20-15)14(18)11-19-4/h5-8,15H,9-11H2,1-4H3. The fraction of sp³-hybridized carbons (Fsp3) is 0.562. The number of ether oxygens (including phenoxy) is 1. The maximum atomic E-state index is 12.0. The minimum Gasteiger partial charge on any atom is -0.375 e. The highest BCUT2D eigenvalue weighted by Gasteiger charge is 2.30. The van der Waals surface area contributed by atoms with Crippen molar-refractivity contribution in [1.29, 1.82) is 0 Å². The lowest BCUT2D eigenvalue weighted by atomic mass is 9.87. The number of methoxy groups -OCH3 is 1. The average molecular weight is 293 g/mol. The zero-order valence-corrected chi connectivity index (χ0v) is 13.5. The predicted molar refractivity (Wildman–Crippen MR) is 83.9 cm³/mol. The van der Waals surface area contributed by atoms with Crippen molar-refractivity contribution in [2.24, 2.45) is 0 Å². The van der Waals surface area contributed by atoms with Gasteiger partial charge in [0.05, 0.1) is 0 Å². The molecule has 4 heteroatoms. The molecule has 1 amide bonds. The molecule has 1 aromatic rings. The average Bonchev–Trinajstić information content (AvgIpc) is 2.87. The summed E-state index contributed by atoms with van der Waals surface area (Å²) in [4.78, 5) is 14.0. The van der Waals surface area contributed by atoms with Gasteiger partial charge in [-0.25, -0.2) is 0 Å². The van der Waals surface area contributed by atoms with Crippen molar-refractivity contribution in [3.63, 3.8) is 0 Å². The molecular formula is C16H23NO2S. The third-order valence-corrected chi connectivity index (χ3v) is 4.80. The lowest BCUT2D eigenvalue weighted by Gasteiger charge is -2.25. The number of hydrogen-bond donors (Lipinski definition) is 0. The van der Waals surface area contributed by atoms with E-state index in [4.69, 9.17) is 4.74 Å². The number of thioether (sulfide) groups is 1. The van der Waals surface area contributed by atoms with E-state index < -0.39 is 0 Å². The number of rotatable bonds is 3. The second-order valence-electron chi connectivity index (χ2n) is 6.12. The molecular weight excluding hydrogens is 270 g/mol. The van der Waals surface area contributed by atoms with Gasteiger partial charge in [0.1, 0.15) is 12.0 Å². The molecule has 1 unspecified atom stereocenters. The summed E-state index contributed by atoms with van der Waals surface area (Å²) in [6.45, 7) is 7.60. The summed E-state index contributed by atoms with van der Waals surface area (Å²) in [6, 6.07) is 8.65. The zero-order valence-electron chi connectivity index (χ0n) is 12.7. The highest BCUT2D eigenvalue weighted by atomic mass is 32.2. The summed E-state index contributed by atoms with van der Waals surface area (Å²) >= 11 is 1.82.